The van der Waals surface area contributed by atoms with Crippen LogP contribution >= 0.6 is 0 Å². The summed E-state index contributed by atoms with van der Waals surface area (Å²) in [4.78, 5) is 0. The lowest BCUT2D eigenvalue weighted by Gasteiger charge is -1.95. The molecule has 1 nitrogen and oxygen atoms in total. The minimum absolute atomic E-state index is 0.753. The van der Waals surface area contributed by atoms with Gasteiger partial charge in [0.05, 0.1) is 0 Å². The summed E-state index contributed by atoms with van der Waals surface area (Å²) in [6, 6.07) is 0. The first-order valence-electron chi connectivity index (χ1n) is 3.51. The Morgan fingerprint density at radius 1 is 1.50 bits per heavy atom. The molecule has 0 aromatic carbocycles. The first kappa shape index (κ1) is 7.11. The predicted octanol–water partition coefficient (Wildman–Crippen LogP) is 1.53. The van der Waals surface area contributed by atoms with Crippen LogP contribution in [-0.2, 0) is 0 Å². The fourth-order valence-electron chi connectivity index (χ4n) is 0.827. The molecule has 0 atom stereocenters. The van der Waals surface area contributed by atoms with E-state index in [-0.39, 0.29) is 0 Å². The molecule has 0 unspecified atom stereocenters. The van der Waals surface area contributed by atoms with Gasteiger partial charge in [0, 0.05) is 5.57 Å². The highest BCUT2D eigenvalue weighted by atomic mass is 14.5. The largest absolute Gasteiger partial charge is 0.330 e. The predicted molar refractivity (Wildman–Crippen MR) is 42.5 cm³/mol. The van der Waals surface area contributed by atoms with Gasteiger partial charge in [-0.1, -0.05) is 17.5 Å². The van der Waals surface area contributed by atoms with E-state index in [0.29, 0.717) is 0 Å². The van der Waals surface area contributed by atoms with Gasteiger partial charge in [-0.15, -0.1) is 0 Å². The van der Waals surface area contributed by atoms with Crippen LogP contribution in [0.1, 0.15) is 12.8 Å². The average Bonchev–Trinajstić information content (AvgIpc) is 2.03. The summed E-state index contributed by atoms with van der Waals surface area (Å²) in [5, 5.41) is 0. The van der Waals surface area contributed by atoms with Gasteiger partial charge < -0.3 is 5.73 Å². The van der Waals surface area contributed by atoms with Gasteiger partial charge in [-0.2, -0.15) is 0 Å². The summed E-state index contributed by atoms with van der Waals surface area (Å²) in [6.07, 6.45) is 7.93. The van der Waals surface area contributed by atoms with Gasteiger partial charge in [0.1, 0.15) is 0 Å². The van der Waals surface area contributed by atoms with Crippen molar-refractivity contribution in [3.05, 3.63) is 35.3 Å². The van der Waals surface area contributed by atoms with Crippen LogP contribution in [0.5, 0.6) is 0 Å². The van der Waals surface area contributed by atoms with Crippen LogP contribution in [-0.4, -0.2) is 6.54 Å². The number of nitrogens with two attached hydrogens (primary N) is 1. The van der Waals surface area contributed by atoms with Crippen LogP contribution in [0.3, 0.4) is 0 Å². The second kappa shape index (κ2) is 3.92. The molecule has 1 heteroatoms. The topological polar surface area (TPSA) is 26.0 Å². The summed E-state index contributed by atoms with van der Waals surface area (Å²) in [5.74, 6) is 0. The monoisotopic (exact) mass is 133 g/mol. The molecule has 0 spiro atoms. The van der Waals surface area contributed by atoms with Crippen molar-refractivity contribution in [1.82, 2.24) is 0 Å². The lowest BCUT2D eigenvalue weighted by Crippen LogP contribution is -1.98. The van der Waals surface area contributed by atoms with E-state index in [1.807, 2.05) is 18.2 Å². The SMILES string of the molecule is NCCCC1=C=C=CC=C1. The molecular weight excluding hydrogens is 122 g/mol. The van der Waals surface area contributed by atoms with Crippen molar-refractivity contribution >= 4 is 0 Å². The quantitative estimate of drug-likeness (QED) is 0.580. The van der Waals surface area contributed by atoms with E-state index in [2.05, 4.69) is 11.5 Å². The number of rotatable bonds is 3. The van der Waals surface area contributed by atoms with E-state index in [1.54, 1.807) is 0 Å². The summed E-state index contributed by atoms with van der Waals surface area (Å²) < 4.78 is 0. The number of hydrogen-bond donors (Lipinski definition) is 1. The fraction of sp³-hybridized carbons (Fsp3) is 0.333. The van der Waals surface area contributed by atoms with Crippen molar-refractivity contribution in [2.45, 2.75) is 12.8 Å². The second-order valence-electron chi connectivity index (χ2n) is 2.21. The minimum atomic E-state index is 0.753. The van der Waals surface area contributed by atoms with Crippen LogP contribution in [0, 0.1) is 0 Å². The Hall–Kier alpha value is -1.00. The van der Waals surface area contributed by atoms with Gasteiger partial charge in [-0.3, -0.25) is 0 Å². The van der Waals surface area contributed by atoms with Crippen molar-refractivity contribution in [2.24, 2.45) is 5.73 Å². The molecule has 52 valence electrons. The highest BCUT2D eigenvalue weighted by Gasteiger charge is 1.90. The molecule has 0 saturated carbocycles. The van der Waals surface area contributed by atoms with Crippen molar-refractivity contribution in [2.75, 3.05) is 6.54 Å². The van der Waals surface area contributed by atoms with Gasteiger partial charge in [0.2, 0.25) is 0 Å². The molecule has 2 N–H and O–H groups in total. The van der Waals surface area contributed by atoms with E-state index < -0.39 is 0 Å². The van der Waals surface area contributed by atoms with Gasteiger partial charge >= 0.3 is 0 Å². The fourth-order valence-corrected chi connectivity index (χ4v) is 0.827. The summed E-state index contributed by atoms with van der Waals surface area (Å²) in [6.45, 7) is 0.753. The Balaban J connectivity index is 2.49. The highest BCUT2D eigenvalue weighted by molar-refractivity contribution is 5.25. The summed E-state index contributed by atoms with van der Waals surface area (Å²) in [5.41, 5.74) is 12.5. The molecule has 0 fully saturated rings. The van der Waals surface area contributed by atoms with Crippen molar-refractivity contribution in [3.63, 3.8) is 0 Å². The average molecular weight is 133 g/mol. The van der Waals surface area contributed by atoms with Gasteiger partial charge in [-0.05, 0) is 31.5 Å². The third kappa shape index (κ3) is 2.08. The summed E-state index contributed by atoms with van der Waals surface area (Å²) >= 11 is 0. The van der Waals surface area contributed by atoms with Crippen LogP contribution < -0.4 is 5.73 Å². The molecule has 0 aromatic rings. The molecule has 10 heavy (non-hydrogen) atoms. The van der Waals surface area contributed by atoms with Crippen LogP contribution in [0.4, 0.5) is 0 Å². The Labute approximate surface area is 61.2 Å². The molecular formula is C9H11N. The lowest BCUT2D eigenvalue weighted by atomic mass is 10.1. The number of hydrogen-bond acceptors (Lipinski definition) is 1. The standard InChI is InChI=1S/C9H11N/c10-8-4-7-9-5-2-1-3-6-9/h1-2,5H,4,7-8,10H2. The highest BCUT2D eigenvalue weighted by Crippen LogP contribution is 2.05. The van der Waals surface area contributed by atoms with E-state index in [0.717, 1.165) is 19.4 Å². The van der Waals surface area contributed by atoms with Gasteiger partial charge in [-0.25, -0.2) is 0 Å². The molecule has 0 amide bonds. The van der Waals surface area contributed by atoms with Crippen LogP contribution in [0.2, 0.25) is 0 Å². The molecule has 0 saturated heterocycles. The maximum absolute atomic E-state index is 5.35. The molecule has 0 heterocycles. The minimum Gasteiger partial charge on any atom is -0.330 e. The van der Waals surface area contributed by atoms with E-state index in [9.17, 15) is 0 Å². The Morgan fingerprint density at radius 3 is 3.00 bits per heavy atom. The zero-order valence-electron chi connectivity index (χ0n) is 5.93. The van der Waals surface area contributed by atoms with Crippen molar-refractivity contribution < 1.29 is 0 Å². The van der Waals surface area contributed by atoms with Crippen LogP contribution in [0.15, 0.2) is 35.3 Å². The smallest absolute Gasteiger partial charge is 0.00245 e. The number of allylic oxidation sites excluding steroid dienone is 4. The van der Waals surface area contributed by atoms with Crippen molar-refractivity contribution in [1.29, 1.82) is 0 Å². The molecule has 0 aromatic heterocycles. The Bertz CT molecular complexity index is 223. The van der Waals surface area contributed by atoms with Gasteiger partial charge in [0.25, 0.3) is 0 Å². The molecule has 0 radical (unpaired) electrons. The lowest BCUT2D eigenvalue weighted by molar-refractivity contribution is 0.836. The van der Waals surface area contributed by atoms with E-state index in [1.165, 1.54) is 5.57 Å². The Morgan fingerprint density at radius 2 is 2.40 bits per heavy atom. The van der Waals surface area contributed by atoms with Gasteiger partial charge in [0.15, 0.2) is 0 Å². The van der Waals surface area contributed by atoms with Crippen LogP contribution in [0.25, 0.3) is 0 Å². The third-order valence-corrected chi connectivity index (χ3v) is 1.36. The second-order valence-corrected chi connectivity index (χ2v) is 2.21. The molecule has 1 rings (SSSR count). The maximum atomic E-state index is 5.35. The normalized spacial score (nSPS) is 13.9. The van der Waals surface area contributed by atoms with E-state index in [4.69, 9.17) is 5.73 Å². The Kier molecular flexibility index (Phi) is 2.79. The summed E-state index contributed by atoms with van der Waals surface area (Å²) in [7, 11) is 0. The molecule has 1 aliphatic carbocycles. The first-order chi connectivity index (χ1) is 4.93. The van der Waals surface area contributed by atoms with E-state index >= 15 is 0 Å². The molecule has 1 aliphatic rings. The van der Waals surface area contributed by atoms with Crippen molar-refractivity contribution in [3.8, 4) is 0 Å². The first-order valence-corrected chi connectivity index (χ1v) is 3.51. The molecule has 0 aliphatic heterocycles. The zero-order chi connectivity index (χ0) is 7.23. The zero-order valence-corrected chi connectivity index (χ0v) is 5.93. The maximum Gasteiger partial charge on any atom is 0.00245 e. The third-order valence-electron chi connectivity index (χ3n) is 1.36. The molecule has 0 bridgehead atoms.